The highest BCUT2D eigenvalue weighted by atomic mass is 16.5. The molecule has 2 bridgehead atoms. The van der Waals surface area contributed by atoms with Gasteiger partial charge in [-0.3, -0.25) is 19.3 Å². The maximum atomic E-state index is 13.5. The minimum Gasteiger partial charge on any atom is -0.452 e. The monoisotopic (exact) mass is 522 g/mol. The van der Waals surface area contributed by atoms with Crippen LogP contribution in [0.3, 0.4) is 0 Å². The Labute approximate surface area is 227 Å². The van der Waals surface area contributed by atoms with Crippen molar-refractivity contribution in [1.29, 1.82) is 0 Å². The maximum Gasteiger partial charge on any atom is 0.338 e. The van der Waals surface area contributed by atoms with Gasteiger partial charge in [0.2, 0.25) is 11.8 Å². The van der Waals surface area contributed by atoms with Crippen molar-refractivity contribution in [3.63, 3.8) is 0 Å². The third-order valence-electron chi connectivity index (χ3n) is 8.62. The fourth-order valence-electron chi connectivity index (χ4n) is 6.87. The number of hydrogen-bond donors (Lipinski definition) is 1. The summed E-state index contributed by atoms with van der Waals surface area (Å²) in [6.07, 6.45) is 1.86. The van der Waals surface area contributed by atoms with E-state index in [4.69, 9.17) is 4.74 Å². The number of nitrogens with zero attached hydrogens (tertiary/aromatic N) is 1. The summed E-state index contributed by atoms with van der Waals surface area (Å²) >= 11 is 0. The van der Waals surface area contributed by atoms with Crippen LogP contribution in [-0.2, 0) is 19.1 Å². The number of anilines is 1. The first-order chi connectivity index (χ1) is 18.9. The van der Waals surface area contributed by atoms with Gasteiger partial charge in [0.05, 0.1) is 29.1 Å². The summed E-state index contributed by atoms with van der Waals surface area (Å²) in [6, 6.07) is 25.8. The highest BCUT2D eigenvalue weighted by Crippen LogP contribution is 2.61. The van der Waals surface area contributed by atoms with Crippen molar-refractivity contribution < 1.29 is 23.9 Å². The van der Waals surface area contributed by atoms with Crippen molar-refractivity contribution in [2.24, 2.45) is 23.7 Å². The second kappa shape index (κ2) is 10.1. The smallest absolute Gasteiger partial charge is 0.338 e. The molecule has 2 aliphatic carbocycles. The summed E-state index contributed by atoms with van der Waals surface area (Å²) in [5.41, 5.74) is 2.90. The molecule has 0 aromatic heterocycles. The molecule has 3 aromatic rings. The van der Waals surface area contributed by atoms with Crippen molar-refractivity contribution in [2.75, 3.05) is 11.5 Å². The van der Waals surface area contributed by atoms with E-state index in [0.717, 1.165) is 18.4 Å². The van der Waals surface area contributed by atoms with Crippen molar-refractivity contribution in [2.45, 2.75) is 31.7 Å². The molecule has 1 saturated heterocycles. The molecule has 0 unspecified atom stereocenters. The van der Waals surface area contributed by atoms with Crippen molar-refractivity contribution in [3.8, 4) is 0 Å². The van der Waals surface area contributed by atoms with E-state index in [1.54, 1.807) is 12.1 Å². The minimum absolute atomic E-state index is 0.136. The molecule has 6 rings (SSSR count). The molecule has 3 amide bonds. The first-order valence-electron chi connectivity index (χ1n) is 13.5. The Kier molecular flexibility index (Phi) is 6.51. The Balaban J connectivity index is 1.08. The first kappa shape index (κ1) is 25.0. The molecule has 3 aliphatic rings. The van der Waals surface area contributed by atoms with Gasteiger partial charge in [-0.1, -0.05) is 60.7 Å². The fraction of sp³-hybridized carbons (Fsp3) is 0.312. The predicted octanol–water partition coefficient (Wildman–Crippen LogP) is 4.65. The molecule has 3 aromatic carbocycles. The van der Waals surface area contributed by atoms with E-state index in [9.17, 15) is 19.2 Å². The summed E-state index contributed by atoms with van der Waals surface area (Å²) < 4.78 is 5.19. The van der Waals surface area contributed by atoms with Crippen molar-refractivity contribution in [3.05, 3.63) is 102 Å². The molecule has 7 nitrogen and oxygen atoms in total. The van der Waals surface area contributed by atoms with Crippen LogP contribution in [0, 0.1) is 23.7 Å². The van der Waals surface area contributed by atoms with Crippen molar-refractivity contribution in [1.82, 2.24) is 5.32 Å². The molecule has 1 heterocycles. The lowest BCUT2D eigenvalue weighted by Crippen LogP contribution is -2.33. The highest BCUT2D eigenvalue weighted by Gasteiger charge is 2.64. The van der Waals surface area contributed by atoms with Gasteiger partial charge in [0.25, 0.3) is 5.91 Å². The lowest BCUT2D eigenvalue weighted by Gasteiger charge is -2.28. The average Bonchev–Trinajstić information content (AvgIpc) is 3.64. The van der Waals surface area contributed by atoms with Gasteiger partial charge in [0.15, 0.2) is 6.61 Å². The highest BCUT2D eigenvalue weighted by molar-refractivity contribution is 6.22. The summed E-state index contributed by atoms with van der Waals surface area (Å²) in [6.45, 7) is 1.45. The van der Waals surface area contributed by atoms with Crippen molar-refractivity contribution >= 4 is 29.4 Å². The minimum atomic E-state index is -0.649. The van der Waals surface area contributed by atoms with Crippen LogP contribution in [0.1, 0.15) is 53.2 Å². The Hall–Kier alpha value is -4.26. The molecule has 0 spiro atoms. The van der Waals surface area contributed by atoms with Crippen LogP contribution in [0.4, 0.5) is 5.69 Å². The summed E-state index contributed by atoms with van der Waals surface area (Å²) in [5.74, 6) is -1.18. The molecule has 7 heteroatoms. The van der Waals surface area contributed by atoms with Crippen LogP contribution in [-0.4, -0.2) is 30.3 Å². The van der Waals surface area contributed by atoms with Crippen LogP contribution < -0.4 is 10.2 Å². The molecule has 6 atom stereocenters. The molecule has 3 fully saturated rings. The summed E-state index contributed by atoms with van der Waals surface area (Å²) in [7, 11) is 0. The predicted molar refractivity (Wildman–Crippen MR) is 145 cm³/mol. The number of carbonyl (C=O) groups is 4. The molecule has 0 radical (unpaired) electrons. The Bertz CT molecular complexity index is 1410. The van der Waals surface area contributed by atoms with Gasteiger partial charge in [-0.05, 0) is 72.9 Å². The number of esters is 1. The summed E-state index contributed by atoms with van der Waals surface area (Å²) in [4.78, 5) is 53.0. The Morgan fingerprint density at radius 2 is 1.51 bits per heavy atom. The van der Waals surface area contributed by atoms with Gasteiger partial charge in [-0.2, -0.15) is 0 Å². The van der Waals surface area contributed by atoms with E-state index >= 15 is 0 Å². The number of benzene rings is 3. The zero-order chi connectivity index (χ0) is 27.1. The maximum absolute atomic E-state index is 13.5. The van der Waals surface area contributed by atoms with Gasteiger partial charge >= 0.3 is 5.97 Å². The SMILES string of the molecule is C[C@H](NC(=O)COC(=O)c1ccc(N2C(=O)[C@@H]3[C@@H]4C[C@@H]([C@@H]3C2=O)[C@H](c2ccccc2)C4)cc1)c1ccccc1. The van der Waals surface area contributed by atoms with Gasteiger partial charge in [-0.25, -0.2) is 4.79 Å². The van der Waals surface area contributed by atoms with Crippen LogP contribution in [0.15, 0.2) is 84.9 Å². The lowest BCUT2D eigenvalue weighted by atomic mass is 9.73. The number of amides is 3. The zero-order valence-corrected chi connectivity index (χ0v) is 21.7. The number of ether oxygens (including phenoxy) is 1. The van der Waals surface area contributed by atoms with Gasteiger partial charge < -0.3 is 10.1 Å². The first-order valence-corrected chi connectivity index (χ1v) is 13.5. The summed E-state index contributed by atoms with van der Waals surface area (Å²) in [5, 5.41) is 2.81. The van der Waals surface area contributed by atoms with Crippen LogP contribution in [0.5, 0.6) is 0 Å². The largest absolute Gasteiger partial charge is 0.452 e. The molecule has 1 aliphatic heterocycles. The van der Waals surface area contributed by atoms with Crippen LogP contribution >= 0.6 is 0 Å². The van der Waals surface area contributed by atoms with Crippen LogP contribution in [0.2, 0.25) is 0 Å². The quantitative estimate of drug-likeness (QED) is 0.360. The number of carbonyl (C=O) groups excluding carboxylic acids is 4. The fourth-order valence-corrected chi connectivity index (χ4v) is 6.87. The molecule has 2 saturated carbocycles. The van der Waals surface area contributed by atoms with Gasteiger partial charge in [0.1, 0.15) is 0 Å². The number of nitrogens with one attached hydrogen (secondary N) is 1. The Morgan fingerprint density at radius 1 is 0.872 bits per heavy atom. The second-order valence-corrected chi connectivity index (χ2v) is 10.8. The van der Waals surface area contributed by atoms with Gasteiger partial charge in [0, 0.05) is 0 Å². The number of hydrogen-bond acceptors (Lipinski definition) is 5. The van der Waals surface area contributed by atoms with E-state index in [1.807, 2.05) is 55.5 Å². The molecule has 198 valence electrons. The standard InChI is InChI=1S/C32H30N2O5/c1-19(20-8-4-2-5-9-20)33-27(35)18-39-32(38)22-12-14-24(15-13-22)34-30(36)28-23-16-25(21-10-6-3-7-11-21)26(17-23)29(28)31(34)37/h2-15,19,23,25-26,28-29H,16-18H2,1H3,(H,33,35)/t19-,23-,25-,26+,28+,29-/m0/s1. The van der Waals surface area contributed by atoms with E-state index in [2.05, 4.69) is 17.4 Å². The van der Waals surface area contributed by atoms with E-state index in [0.29, 0.717) is 11.6 Å². The molecular formula is C32H30N2O5. The lowest BCUT2D eigenvalue weighted by molar-refractivity contribution is -0.125. The number of fused-ring (bicyclic) bond motifs is 5. The zero-order valence-electron chi connectivity index (χ0n) is 21.7. The third kappa shape index (κ3) is 4.52. The van der Waals surface area contributed by atoms with Crippen LogP contribution in [0.25, 0.3) is 0 Å². The third-order valence-corrected chi connectivity index (χ3v) is 8.62. The van der Waals surface area contributed by atoms with Gasteiger partial charge in [-0.15, -0.1) is 0 Å². The normalized spacial score (nSPS) is 25.9. The average molecular weight is 523 g/mol. The molecule has 1 N–H and O–H groups in total. The number of rotatable bonds is 7. The molecule has 39 heavy (non-hydrogen) atoms. The topological polar surface area (TPSA) is 92.8 Å². The van der Waals surface area contributed by atoms with E-state index in [-0.39, 0.29) is 47.1 Å². The van der Waals surface area contributed by atoms with E-state index < -0.39 is 18.5 Å². The number of imide groups is 1. The second-order valence-electron chi connectivity index (χ2n) is 10.8. The van der Waals surface area contributed by atoms with E-state index in [1.165, 1.54) is 22.6 Å². The molecular weight excluding hydrogens is 492 g/mol. The Morgan fingerprint density at radius 3 is 2.21 bits per heavy atom.